The first-order chi connectivity index (χ1) is 15.8. The van der Waals surface area contributed by atoms with Crippen LogP contribution in [-0.4, -0.2) is 40.3 Å². The smallest absolute Gasteiger partial charge is 0.416 e. The number of rotatable bonds is 4. The standard InChI is InChI=1S/C23H20ClN7O2/c1-13-17(11-27-30(13)3)14-4-5-19(18(24)6-14)28-22-8-21-15(9-25-22)7-20(31(21)23(32)33)16-10-26-29(2)12-16/h4-12H,1-3H3,(H,25,28)(H,32,33). The van der Waals surface area contributed by atoms with E-state index in [0.717, 1.165) is 16.8 Å². The first kappa shape index (κ1) is 20.8. The Balaban J connectivity index is 1.51. The van der Waals surface area contributed by atoms with Gasteiger partial charge >= 0.3 is 6.09 Å². The van der Waals surface area contributed by atoms with Crippen molar-refractivity contribution in [3.63, 3.8) is 0 Å². The molecule has 33 heavy (non-hydrogen) atoms. The number of benzene rings is 1. The Morgan fingerprint density at radius 2 is 1.88 bits per heavy atom. The Morgan fingerprint density at radius 3 is 2.52 bits per heavy atom. The molecule has 2 N–H and O–H groups in total. The van der Waals surface area contributed by atoms with Gasteiger partial charge < -0.3 is 10.4 Å². The molecule has 0 atom stereocenters. The Kier molecular flexibility index (Phi) is 4.90. The number of fused-ring (bicyclic) bond motifs is 1. The molecule has 0 spiro atoms. The largest absolute Gasteiger partial charge is 0.464 e. The first-order valence-corrected chi connectivity index (χ1v) is 10.5. The van der Waals surface area contributed by atoms with E-state index in [1.165, 1.54) is 4.57 Å². The van der Waals surface area contributed by atoms with E-state index >= 15 is 0 Å². The average Bonchev–Trinajstić information content (AvgIpc) is 3.46. The van der Waals surface area contributed by atoms with E-state index in [1.54, 1.807) is 42.5 Å². The number of nitrogens with one attached hydrogen (secondary N) is 1. The second kappa shape index (κ2) is 7.79. The van der Waals surface area contributed by atoms with Gasteiger partial charge in [0.2, 0.25) is 0 Å². The minimum absolute atomic E-state index is 0.480. The molecule has 4 aromatic heterocycles. The summed E-state index contributed by atoms with van der Waals surface area (Å²) in [6.07, 6.45) is 5.76. The molecule has 166 valence electrons. The monoisotopic (exact) mass is 461 g/mol. The molecule has 5 rings (SSSR count). The van der Waals surface area contributed by atoms with Gasteiger partial charge in [-0.1, -0.05) is 17.7 Å². The van der Waals surface area contributed by atoms with Crippen LogP contribution in [0.5, 0.6) is 0 Å². The van der Waals surface area contributed by atoms with E-state index in [0.29, 0.717) is 38.7 Å². The summed E-state index contributed by atoms with van der Waals surface area (Å²) in [4.78, 5) is 16.5. The van der Waals surface area contributed by atoms with Gasteiger partial charge in [-0.15, -0.1) is 0 Å². The number of carbonyl (C=O) groups is 1. The minimum Gasteiger partial charge on any atom is -0.464 e. The molecule has 0 aliphatic heterocycles. The predicted octanol–water partition coefficient (Wildman–Crippen LogP) is 5.07. The van der Waals surface area contributed by atoms with Crippen molar-refractivity contribution < 1.29 is 9.90 Å². The molecule has 0 amide bonds. The van der Waals surface area contributed by atoms with Gasteiger partial charge in [-0.25, -0.2) is 14.3 Å². The average molecular weight is 462 g/mol. The fourth-order valence-corrected chi connectivity index (χ4v) is 4.07. The highest BCUT2D eigenvalue weighted by Gasteiger charge is 2.18. The molecule has 0 aliphatic carbocycles. The van der Waals surface area contributed by atoms with Gasteiger partial charge in [0.15, 0.2) is 0 Å². The molecule has 4 heterocycles. The number of carboxylic acid groups (broad SMARTS) is 1. The lowest BCUT2D eigenvalue weighted by Crippen LogP contribution is -2.09. The molecule has 9 nitrogen and oxygen atoms in total. The van der Waals surface area contributed by atoms with Crippen molar-refractivity contribution >= 4 is 40.1 Å². The van der Waals surface area contributed by atoms with Crippen LogP contribution < -0.4 is 5.32 Å². The summed E-state index contributed by atoms with van der Waals surface area (Å²) in [5, 5.41) is 22.7. The summed E-state index contributed by atoms with van der Waals surface area (Å²) in [6.45, 7) is 2.00. The zero-order valence-electron chi connectivity index (χ0n) is 18.1. The lowest BCUT2D eigenvalue weighted by molar-refractivity contribution is 0.198. The molecule has 5 aromatic rings. The van der Waals surface area contributed by atoms with Crippen LogP contribution in [0.1, 0.15) is 5.69 Å². The van der Waals surface area contributed by atoms with Gasteiger partial charge in [-0.3, -0.25) is 9.36 Å². The fourth-order valence-electron chi connectivity index (χ4n) is 3.85. The Morgan fingerprint density at radius 1 is 1.06 bits per heavy atom. The zero-order chi connectivity index (χ0) is 23.3. The fraction of sp³-hybridized carbons (Fsp3) is 0.130. The quantitative estimate of drug-likeness (QED) is 0.387. The Hall–Kier alpha value is -4.11. The number of aryl methyl sites for hydroxylation is 2. The van der Waals surface area contributed by atoms with Crippen molar-refractivity contribution in [3.8, 4) is 22.4 Å². The maximum atomic E-state index is 12.1. The minimum atomic E-state index is -1.09. The third kappa shape index (κ3) is 3.62. The highest BCUT2D eigenvalue weighted by Crippen LogP contribution is 2.33. The molecule has 10 heteroatoms. The van der Waals surface area contributed by atoms with Crippen LogP contribution in [0.15, 0.2) is 55.1 Å². The maximum Gasteiger partial charge on any atom is 0.416 e. The molecule has 0 aliphatic rings. The van der Waals surface area contributed by atoms with E-state index in [9.17, 15) is 9.90 Å². The van der Waals surface area contributed by atoms with E-state index < -0.39 is 6.09 Å². The SMILES string of the molecule is Cc1c(-c2ccc(Nc3cc4c(cn3)cc(-c3cnn(C)c3)n4C(=O)O)c(Cl)c2)cnn1C. The molecule has 0 fully saturated rings. The number of halogens is 1. The maximum absolute atomic E-state index is 12.1. The van der Waals surface area contributed by atoms with E-state index in [1.807, 2.05) is 43.0 Å². The molecule has 1 aromatic carbocycles. The number of pyridine rings is 1. The number of nitrogens with zero attached hydrogens (tertiary/aromatic N) is 6. The molecule has 0 saturated carbocycles. The van der Waals surface area contributed by atoms with Crippen LogP contribution in [0.2, 0.25) is 5.02 Å². The van der Waals surface area contributed by atoms with E-state index in [2.05, 4.69) is 20.5 Å². The first-order valence-electron chi connectivity index (χ1n) is 10.1. The Labute approximate surface area is 193 Å². The van der Waals surface area contributed by atoms with Gasteiger partial charge in [-0.2, -0.15) is 10.2 Å². The number of anilines is 2. The molecule has 0 bridgehead atoms. The molecular weight excluding hydrogens is 442 g/mol. The van der Waals surface area contributed by atoms with Crippen molar-refractivity contribution in [2.75, 3.05) is 5.32 Å². The van der Waals surface area contributed by atoms with Crippen molar-refractivity contribution in [3.05, 3.63) is 65.8 Å². The second-order valence-electron chi connectivity index (χ2n) is 7.77. The molecular formula is C23H20ClN7O2. The molecule has 0 radical (unpaired) electrons. The number of aromatic nitrogens is 6. The lowest BCUT2D eigenvalue weighted by atomic mass is 10.1. The highest BCUT2D eigenvalue weighted by atomic mass is 35.5. The number of hydrogen-bond acceptors (Lipinski definition) is 5. The van der Waals surface area contributed by atoms with Gasteiger partial charge in [0.25, 0.3) is 0 Å². The van der Waals surface area contributed by atoms with Crippen LogP contribution in [0, 0.1) is 6.92 Å². The third-order valence-electron chi connectivity index (χ3n) is 5.66. The van der Waals surface area contributed by atoms with Gasteiger partial charge in [0.1, 0.15) is 5.82 Å². The predicted molar refractivity (Wildman–Crippen MR) is 127 cm³/mol. The second-order valence-corrected chi connectivity index (χ2v) is 8.17. The normalized spacial score (nSPS) is 11.3. The molecule has 0 unspecified atom stereocenters. The summed E-state index contributed by atoms with van der Waals surface area (Å²) in [6, 6.07) is 9.17. The van der Waals surface area contributed by atoms with Crippen molar-refractivity contribution in [1.29, 1.82) is 0 Å². The van der Waals surface area contributed by atoms with Gasteiger partial charge in [0.05, 0.1) is 34.3 Å². The van der Waals surface area contributed by atoms with Gasteiger partial charge in [-0.05, 0) is 30.7 Å². The zero-order valence-corrected chi connectivity index (χ0v) is 18.9. The summed E-state index contributed by atoms with van der Waals surface area (Å²) in [7, 11) is 3.68. The Bertz CT molecular complexity index is 1530. The van der Waals surface area contributed by atoms with Crippen LogP contribution in [0.4, 0.5) is 16.3 Å². The van der Waals surface area contributed by atoms with E-state index in [4.69, 9.17) is 11.6 Å². The highest BCUT2D eigenvalue weighted by molar-refractivity contribution is 6.33. The summed E-state index contributed by atoms with van der Waals surface area (Å²) in [5.74, 6) is 0.480. The van der Waals surface area contributed by atoms with Gasteiger partial charge in [0, 0.05) is 54.8 Å². The number of hydrogen-bond donors (Lipinski definition) is 2. The molecule has 0 saturated heterocycles. The summed E-state index contributed by atoms with van der Waals surface area (Å²) in [5.41, 5.74) is 5.41. The van der Waals surface area contributed by atoms with Crippen molar-refractivity contribution in [2.45, 2.75) is 6.92 Å². The topological polar surface area (TPSA) is 103 Å². The van der Waals surface area contributed by atoms with Crippen LogP contribution in [0.25, 0.3) is 33.3 Å². The summed E-state index contributed by atoms with van der Waals surface area (Å²) < 4.78 is 4.67. The van der Waals surface area contributed by atoms with Crippen LogP contribution >= 0.6 is 11.6 Å². The van der Waals surface area contributed by atoms with Crippen molar-refractivity contribution in [2.24, 2.45) is 14.1 Å². The van der Waals surface area contributed by atoms with Crippen LogP contribution in [-0.2, 0) is 14.1 Å². The van der Waals surface area contributed by atoms with E-state index in [-0.39, 0.29) is 0 Å². The lowest BCUT2D eigenvalue weighted by Gasteiger charge is -2.10. The van der Waals surface area contributed by atoms with Crippen molar-refractivity contribution in [1.82, 2.24) is 29.1 Å². The summed E-state index contributed by atoms with van der Waals surface area (Å²) >= 11 is 6.55. The van der Waals surface area contributed by atoms with Crippen LogP contribution in [0.3, 0.4) is 0 Å². The third-order valence-corrected chi connectivity index (χ3v) is 5.97.